The van der Waals surface area contributed by atoms with Gasteiger partial charge < -0.3 is 11.1 Å². The van der Waals surface area contributed by atoms with Gasteiger partial charge in [-0.05, 0) is 49.2 Å². The summed E-state index contributed by atoms with van der Waals surface area (Å²) in [5.74, 6) is -0.0669. The highest BCUT2D eigenvalue weighted by Gasteiger charge is 2.20. The van der Waals surface area contributed by atoms with E-state index in [9.17, 15) is 4.79 Å². The Balaban J connectivity index is 1.84. The molecule has 0 spiro atoms. The lowest BCUT2D eigenvalue weighted by Crippen LogP contribution is -2.12. The Bertz CT molecular complexity index is 1150. The van der Waals surface area contributed by atoms with E-state index >= 15 is 0 Å². The molecular formula is C17H15N5O2S. The third kappa shape index (κ3) is 2.51. The van der Waals surface area contributed by atoms with Crippen LogP contribution >= 0.6 is 11.3 Å². The molecule has 8 heteroatoms. The second-order valence-electron chi connectivity index (χ2n) is 5.99. The van der Waals surface area contributed by atoms with Crippen molar-refractivity contribution >= 4 is 49.9 Å². The largest absolute Gasteiger partial charge is 0.397 e. The van der Waals surface area contributed by atoms with Crippen LogP contribution in [0, 0.1) is 20.8 Å². The summed E-state index contributed by atoms with van der Waals surface area (Å²) in [6.45, 7) is 5.77. The van der Waals surface area contributed by atoms with E-state index in [1.807, 2.05) is 26.0 Å². The number of benzene rings is 1. The first-order chi connectivity index (χ1) is 11.9. The number of fused-ring (bicyclic) bond motifs is 2. The van der Waals surface area contributed by atoms with Crippen LogP contribution in [0.3, 0.4) is 0 Å². The Hall–Kier alpha value is -3.00. The SMILES string of the molecule is Cc1cc(C)c2cc3c(N)c(C(=O)Nc4nonc4C)sc3nc2c1. The Morgan fingerprint density at radius 2 is 1.96 bits per heavy atom. The van der Waals surface area contributed by atoms with E-state index in [0.29, 0.717) is 16.3 Å². The quantitative estimate of drug-likeness (QED) is 0.570. The molecule has 3 heterocycles. The summed E-state index contributed by atoms with van der Waals surface area (Å²) < 4.78 is 4.59. The fourth-order valence-electron chi connectivity index (χ4n) is 2.84. The average Bonchev–Trinajstić information content (AvgIpc) is 3.09. The van der Waals surface area contributed by atoms with E-state index in [0.717, 1.165) is 32.2 Å². The topological polar surface area (TPSA) is 107 Å². The molecule has 126 valence electrons. The number of carbonyl (C=O) groups excluding carboxylic acids is 1. The van der Waals surface area contributed by atoms with E-state index in [-0.39, 0.29) is 11.7 Å². The maximum Gasteiger partial charge on any atom is 0.269 e. The Morgan fingerprint density at radius 3 is 2.68 bits per heavy atom. The lowest BCUT2D eigenvalue weighted by atomic mass is 10.1. The number of hydrogen-bond acceptors (Lipinski definition) is 7. The highest BCUT2D eigenvalue weighted by molar-refractivity contribution is 7.21. The molecule has 4 rings (SSSR count). The van der Waals surface area contributed by atoms with Crippen molar-refractivity contribution < 1.29 is 9.42 Å². The van der Waals surface area contributed by atoms with Crippen molar-refractivity contribution in [1.82, 2.24) is 15.3 Å². The van der Waals surface area contributed by atoms with Crippen LogP contribution in [0.5, 0.6) is 0 Å². The molecule has 0 radical (unpaired) electrons. The maximum absolute atomic E-state index is 12.6. The number of rotatable bonds is 2. The van der Waals surface area contributed by atoms with Gasteiger partial charge in [0.05, 0.1) is 11.2 Å². The molecule has 0 aliphatic rings. The molecule has 0 saturated heterocycles. The van der Waals surface area contributed by atoms with E-state index < -0.39 is 0 Å². The Kier molecular flexibility index (Phi) is 3.43. The number of amides is 1. The average molecular weight is 353 g/mol. The zero-order chi connectivity index (χ0) is 17.7. The number of pyridine rings is 1. The second-order valence-corrected chi connectivity index (χ2v) is 6.99. The number of hydrogen-bond donors (Lipinski definition) is 2. The number of aromatic nitrogens is 3. The van der Waals surface area contributed by atoms with Gasteiger partial charge in [-0.25, -0.2) is 9.61 Å². The molecule has 7 nitrogen and oxygen atoms in total. The van der Waals surface area contributed by atoms with Gasteiger partial charge in [0.25, 0.3) is 5.91 Å². The molecule has 0 saturated carbocycles. The number of aryl methyl sites for hydroxylation is 3. The molecular weight excluding hydrogens is 338 g/mol. The molecule has 0 unspecified atom stereocenters. The van der Waals surface area contributed by atoms with E-state index in [1.54, 1.807) is 6.92 Å². The zero-order valence-electron chi connectivity index (χ0n) is 13.9. The minimum absolute atomic E-state index is 0.284. The minimum Gasteiger partial charge on any atom is -0.397 e. The molecule has 3 aromatic heterocycles. The smallest absolute Gasteiger partial charge is 0.269 e. The summed E-state index contributed by atoms with van der Waals surface area (Å²) in [6, 6.07) is 6.13. The first-order valence-electron chi connectivity index (χ1n) is 7.64. The summed E-state index contributed by atoms with van der Waals surface area (Å²) in [7, 11) is 0. The monoisotopic (exact) mass is 353 g/mol. The van der Waals surface area contributed by atoms with Crippen molar-refractivity contribution in [3.8, 4) is 0 Å². The number of nitrogens with zero attached hydrogens (tertiary/aromatic N) is 3. The van der Waals surface area contributed by atoms with Gasteiger partial charge in [0.15, 0.2) is 0 Å². The van der Waals surface area contributed by atoms with Crippen LogP contribution in [0.4, 0.5) is 11.5 Å². The minimum atomic E-state index is -0.351. The second kappa shape index (κ2) is 5.52. The van der Waals surface area contributed by atoms with Gasteiger partial charge in [-0.1, -0.05) is 11.2 Å². The maximum atomic E-state index is 12.6. The van der Waals surface area contributed by atoms with Crippen molar-refractivity contribution in [2.45, 2.75) is 20.8 Å². The van der Waals surface area contributed by atoms with Crippen LogP contribution in [0.15, 0.2) is 22.8 Å². The molecule has 0 aliphatic heterocycles. The van der Waals surface area contributed by atoms with Crippen LogP contribution < -0.4 is 11.1 Å². The van der Waals surface area contributed by atoms with Gasteiger partial charge in [-0.2, -0.15) is 0 Å². The van der Waals surface area contributed by atoms with E-state index in [1.165, 1.54) is 11.3 Å². The molecule has 0 bridgehead atoms. The van der Waals surface area contributed by atoms with Crippen molar-refractivity contribution in [3.63, 3.8) is 0 Å². The molecule has 25 heavy (non-hydrogen) atoms. The normalized spacial score (nSPS) is 11.3. The Morgan fingerprint density at radius 1 is 1.16 bits per heavy atom. The molecule has 3 N–H and O–H groups in total. The van der Waals surface area contributed by atoms with Crippen molar-refractivity contribution in [2.24, 2.45) is 0 Å². The number of thiophene rings is 1. The van der Waals surface area contributed by atoms with Gasteiger partial charge in [0.2, 0.25) is 5.82 Å². The summed E-state index contributed by atoms with van der Waals surface area (Å²) in [6.07, 6.45) is 0. The molecule has 0 aliphatic carbocycles. The van der Waals surface area contributed by atoms with Gasteiger partial charge in [0.1, 0.15) is 15.4 Å². The van der Waals surface area contributed by atoms with Gasteiger partial charge in [-0.3, -0.25) is 4.79 Å². The number of nitrogen functional groups attached to an aromatic ring is 1. The van der Waals surface area contributed by atoms with Crippen LogP contribution in [0.25, 0.3) is 21.1 Å². The number of carbonyl (C=O) groups is 1. The predicted octanol–water partition coefficient (Wildman–Crippen LogP) is 3.59. The third-order valence-corrected chi connectivity index (χ3v) is 5.19. The van der Waals surface area contributed by atoms with Crippen LogP contribution in [-0.4, -0.2) is 21.2 Å². The van der Waals surface area contributed by atoms with Crippen molar-refractivity contribution in [1.29, 1.82) is 0 Å². The lowest BCUT2D eigenvalue weighted by Gasteiger charge is -2.04. The first kappa shape index (κ1) is 15.5. The number of anilines is 2. The number of nitrogens with two attached hydrogens (primary N) is 1. The highest BCUT2D eigenvalue weighted by atomic mass is 32.1. The van der Waals surface area contributed by atoms with Crippen molar-refractivity contribution in [3.05, 3.63) is 39.9 Å². The summed E-state index contributed by atoms with van der Waals surface area (Å²) in [5.41, 5.74) is 10.3. The third-order valence-electron chi connectivity index (χ3n) is 4.07. The van der Waals surface area contributed by atoms with Crippen molar-refractivity contribution in [2.75, 3.05) is 11.1 Å². The highest BCUT2D eigenvalue weighted by Crippen LogP contribution is 2.35. The Labute approximate surface area is 146 Å². The predicted molar refractivity (Wildman–Crippen MR) is 98.0 cm³/mol. The molecule has 1 amide bonds. The van der Waals surface area contributed by atoms with Crippen LogP contribution in [-0.2, 0) is 0 Å². The summed E-state index contributed by atoms with van der Waals surface area (Å²) in [4.78, 5) is 18.4. The standard InChI is InChI=1S/C17H15N5O2S/c1-7-4-8(2)10-6-11-13(18)14(25-17(11)19-12(10)5-7)16(23)20-15-9(3)21-24-22-15/h4-6H,18H2,1-3H3,(H,20,22,23). The first-order valence-corrected chi connectivity index (χ1v) is 8.46. The fraction of sp³-hybridized carbons (Fsp3) is 0.176. The molecule has 4 aromatic rings. The fourth-order valence-corrected chi connectivity index (χ4v) is 3.81. The van der Waals surface area contributed by atoms with Gasteiger partial charge in [0, 0.05) is 10.8 Å². The summed E-state index contributed by atoms with van der Waals surface area (Å²) in [5, 5.41) is 11.8. The van der Waals surface area contributed by atoms with E-state index in [2.05, 4.69) is 31.3 Å². The molecule has 0 atom stereocenters. The molecule has 0 fully saturated rings. The van der Waals surface area contributed by atoms with Crippen LogP contribution in [0.2, 0.25) is 0 Å². The summed E-state index contributed by atoms with van der Waals surface area (Å²) >= 11 is 1.26. The lowest BCUT2D eigenvalue weighted by molar-refractivity contribution is 0.103. The van der Waals surface area contributed by atoms with Gasteiger partial charge >= 0.3 is 0 Å². The van der Waals surface area contributed by atoms with E-state index in [4.69, 9.17) is 5.73 Å². The number of nitrogens with one attached hydrogen (secondary N) is 1. The van der Waals surface area contributed by atoms with Crippen LogP contribution in [0.1, 0.15) is 26.5 Å². The zero-order valence-corrected chi connectivity index (χ0v) is 14.7. The van der Waals surface area contributed by atoms with Gasteiger partial charge in [-0.15, -0.1) is 11.3 Å². The molecule has 1 aromatic carbocycles.